The van der Waals surface area contributed by atoms with Crippen LogP contribution in [0.25, 0.3) is 11.1 Å². The van der Waals surface area contributed by atoms with Gasteiger partial charge in [-0.2, -0.15) is 0 Å². The minimum Gasteiger partial charge on any atom is -0.465 e. The van der Waals surface area contributed by atoms with Crippen molar-refractivity contribution in [3.05, 3.63) is 58.3 Å². The molecule has 0 spiro atoms. The fourth-order valence-corrected chi connectivity index (χ4v) is 3.78. The topological polar surface area (TPSA) is 103 Å². The molecule has 1 aliphatic rings. The van der Waals surface area contributed by atoms with Crippen molar-refractivity contribution in [2.24, 2.45) is 0 Å². The highest BCUT2D eigenvalue weighted by Crippen LogP contribution is 2.28. The van der Waals surface area contributed by atoms with Crippen LogP contribution in [-0.4, -0.2) is 68.4 Å². The zero-order chi connectivity index (χ0) is 23.6. The molecule has 0 aliphatic carbocycles. The van der Waals surface area contributed by atoms with E-state index in [2.05, 4.69) is 0 Å². The van der Waals surface area contributed by atoms with E-state index in [1.165, 1.54) is 44.8 Å². The molecular formula is C23H28FN3O5. The van der Waals surface area contributed by atoms with E-state index in [4.69, 9.17) is 5.11 Å². The van der Waals surface area contributed by atoms with Crippen molar-refractivity contribution in [1.29, 1.82) is 0 Å². The number of piperidine rings is 1. The lowest BCUT2D eigenvalue weighted by atomic mass is 9.91. The van der Waals surface area contributed by atoms with Crippen molar-refractivity contribution in [3.8, 4) is 11.1 Å². The Morgan fingerprint density at radius 1 is 1.19 bits per heavy atom. The Hall–Kier alpha value is -3.20. The summed E-state index contributed by atoms with van der Waals surface area (Å²) in [5.41, 5.74) is -1.29. The third kappa shape index (κ3) is 4.83. The van der Waals surface area contributed by atoms with Crippen LogP contribution in [0.3, 0.4) is 0 Å². The normalized spacial score (nSPS) is 15.6. The van der Waals surface area contributed by atoms with Gasteiger partial charge in [0.05, 0.1) is 17.7 Å². The molecule has 9 heteroatoms. The molecule has 0 atom stereocenters. The molecule has 2 amide bonds. The third-order valence-electron chi connectivity index (χ3n) is 6.04. The van der Waals surface area contributed by atoms with Crippen LogP contribution >= 0.6 is 0 Å². The summed E-state index contributed by atoms with van der Waals surface area (Å²) >= 11 is 0. The van der Waals surface area contributed by atoms with Crippen molar-refractivity contribution >= 4 is 12.0 Å². The molecule has 0 saturated carbocycles. The highest BCUT2D eigenvalue weighted by molar-refractivity contribution is 6.00. The van der Waals surface area contributed by atoms with Gasteiger partial charge in [-0.1, -0.05) is 18.2 Å². The number of aromatic nitrogens is 1. The van der Waals surface area contributed by atoms with E-state index in [9.17, 15) is 23.9 Å². The molecule has 0 unspecified atom stereocenters. The molecule has 1 aliphatic heterocycles. The van der Waals surface area contributed by atoms with Crippen LogP contribution in [0.4, 0.5) is 9.18 Å². The Balaban J connectivity index is 2.03. The number of hydrogen-bond donors (Lipinski definition) is 2. The molecule has 1 aromatic heterocycles. The van der Waals surface area contributed by atoms with Crippen molar-refractivity contribution in [3.63, 3.8) is 0 Å². The minimum atomic E-state index is -1.29. The third-order valence-corrected chi connectivity index (χ3v) is 6.04. The highest BCUT2D eigenvalue weighted by atomic mass is 19.1. The average molecular weight is 445 g/mol. The van der Waals surface area contributed by atoms with Gasteiger partial charge in [-0.05, 0) is 32.8 Å². The van der Waals surface area contributed by atoms with Crippen LogP contribution in [0.15, 0.2) is 41.3 Å². The summed E-state index contributed by atoms with van der Waals surface area (Å²) < 4.78 is 15.8. The summed E-state index contributed by atoms with van der Waals surface area (Å²) in [6.45, 7) is 3.89. The summed E-state index contributed by atoms with van der Waals surface area (Å²) in [5, 5.41) is 20.1. The number of carbonyl (C=O) groups excluding carboxylic acids is 1. The number of amides is 2. The average Bonchev–Trinajstić information content (AvgIpc) is 2.74. The van der Waals surface area contributed by atoms with Crippen molar-refractivity contribution < 1.29 is 24.2 Å². The van der Waals surface area contributed by atoms with Crippen LogP contribution in [0.2, 0.25) is 0 Å². The summed E-state index contributed by atoms with van der Waals surface area (Å²) in [6.07, 6.45) is 0.641. The zero-order valence-corrected chi connectivity index (χ0v) is 18.4. The van der Waals surface area contributed by atoms with Crippen LogP contribution in [0.1, 0.15) is 37.0 Å². The van der Waals surface area contributed by atoms with Gasteiger partial charge >= 0.3 is 6.09 Å². The fourth-order valence-electron chi connectivity index (χ4n) is 3.78. The molecule has 2 N–H and O–H groups in total. The number of carboxylic acid groups (broad SMARTS) is 1. The lowest BCUT2D eigenvalue weighted by Crippen LogP contribution is -2.49. The Morgan fingerprint density at radius 2 is 1.81 bits per heavy atom. The predicted octanol–water partition coefficient (Wildman–Crippen LogP) is 2.64. The Morgan fingerprint density at radius 3 is 2.38 bits per heavy atom. The molecule has 1 aromatic carbocycles. The molecular weight excluding hydrogens is 417 g/mol. The van der Waals surface area contributed by atoms with E-state index in [0.29, 0.717) is 0 Å². The van der Waals surface area contributed by atoms with Crippen LogP contribution in [0.5, 0.6) is 0 Å². The maximum absolute atomic E-state index is 14.5. The van der Waals surface area contributed by atoms with Gasteiger partial charge < -0.3 is 24.6 Å². The summed E-state index contributed by atoms with van der Waals surface area (Å²) in [6, 6.07) is 7.02. The molecule has 1 fully saturated rings. The molecule has 172 valence electrons. The second-order valence-electron chi connectivity index (χ2n) is 8.55. The van der Waals surface area contributed by atoms with E-state index in [-0.39, 0.29) is 61.1 Å². The number of hydrogen-bond acceptors (Lipinski definition) is 4. The van der Waals surface area contributed by atoms with Gasteiger partial charge in [0.2, 0.25) is 0 Å². The zero-order valence-electron chi connectivity index (χ0n) is 18.4. The molecule has 1 saturated heterocycles. The van der Waals surface area contributed by atoms with Gasteiger partial charge in [0.1, 0.15) is 5.82 Å². The predicted molar refractivity (Wildman–Crippen MR) is 117 cm³/mol. The molecule has 32 heavy (non-hydrogen) atoms. The Bertz CT molecular complexity index is 1070. The van der Waals surface area contributed by atoms with E-state index in [1.807, 2.05) is 13.8 Å². The van der Waals surface area contributed by atoms with Gasteiger partial charge in [-0.3, -0.25) is 9.59 Å². The van der Waals surface area contributed by atoms with E-state index < -0.39 is 23.1 Å². The van der Waals surface area contributed by atoms with Crippen molar-refractivity contribution in [2.45, 2.75) is 44.9 Å². The first-order valence-electron chi connectivity index (χ1n) is 10.5. The van der Waals surface area contributed by atoms with Crippen molar-refractivity contribution in [1.82, 2.24) is 14.4 Å². The number of pyridine rings is 1. The lowest BCUT2D eigenvalue weighted by molar-refractivity contribution is -0.0303. The number of carbonyl (C=O) groups is 2. The minimum absolute atomic E-state index is 0.0947. The smallest absolute Gasteiger partial charge is 0.407 e. The first-order chi connectivity index (χ1) is 15.0. The van der Waals surface area contributed by atoms with Gasteiger partial charge in [-0.15, -0.1) is 0 Å². The fraction of sp³-hybridized carbons (Fsp3) is 0.435. The number of benzene rings is 1. The first-order valence-corrected chi connectivity index (χ1v) is 10.5. The number of nitrogens with zero attached hydrogens (tertiary/aromatic N) is 3. The van der Waals surface area contributed by atoms with E-state index in [0.717, 1.165) is 0 Å². The molecule has 0 bridgehead atoms. The standard InChI is InChI=1S/C23H28FN3O5/c1-15(2)25(3)21(29)18-13-27(14-23(32)8-10-26(11-9-23)22(30)31)20(28)12-17(18)16-6-4-5-7-19(16)24/h4-7,12-13,15,32H,8-11,14H2,1-3H3,(H,30,31). The van der Waals surface area contributed by atoms with Gasteiger partial charge in [0.15, 0.2) is 0 Å². The van der Waals surface area contributed by atoms with Crippen molar-refractivity contribution in [2.75, 3.05) is 20.1 Å². The van der Waals surface area contributed by atoms with Gasteiger partial charge in [-0.25, -0.2) is 9.18 Å². The maximum atomic E-state index is 14.5. The quantitative estimate of drug-likeness (QED) is 0.737. The monoisotopic (exact) mass is 445 g/mol. The van der Waals surface area contributed by atoms with Crippen LogP contribution in [-0.2, 0) is 6.54 Å². The SMILES string of the molecule is CC(C)N(C)C(=O)c1cn(CC2(O)CCN(C(=O)O)CC2)c(=O)cc1-c1ccccc1F. The number of rotatable bonds is 5. The number of halogens is 1. The molecule has 3 rings (SSSR count). The van der Waals surface area contributed by atoms with E-state index in [1.54, 1.807) is 13.1 Å². The molecule has 2 heterocycles. The Kier molecular flexibility index (Phi) is 6.68. The Labute approximate surface area is 185 Å². The summed E-state index contributed by atoms with van der Waals surface area (Å²) in [4.78, 5) is 39.9. The maximum Gasteiger partial charge on any atom is 0.407 e. The number of likely N-dealkylation sites (tertiary alicyclic amines) is 1. The second-order valence-corrected chi connectivity index (χ2v) is 8.55. The molecule has 8 nitrogen and oxygen atoms in total. The molecule has 0 radical (unpaired) electrons. The van der Waals surface area contributed by atoms with Crippen LogP contribution < -0.4 is 5.56 Å². The van der Waals surface area contributed by atoms with Gasteiger partial charge in [0.25, 0.3) is 11.5 Å². The molecule has 2 aromatic rings. The van der Waals surface area contributed by atoms with E-state index >= 15 is 0 Å². The second kappa shape index (κ2) is 9.12. The number of aliphatic hydroxyl groups is 1. The first kappa shape index (κ1) is 23.5. The summed E-state index contributed by atoms with van der Waals surface area (Å²) in [7, 11) is 1.63. The van der Waals surface area contributed by atoms with Crippen LogP contribution in [0, 0.1) is 5.82 Å². The largest absolute Gasteiger partial charge is 0.465 e. The lowest BCUT2D eigenvalue weighted by Gasteiger charge is -2.37. The summed E-state index contributed by atoms with van der Waals surface area (Å²) in [5.74, 6) is -0.926. The highest BCUT2D eigenvalue weighted by Gasteiger charge is 2.35. The van der Waals surface area contributed by atoms with Gasteiger partial charge in [0, 0.05) is 49.6 Å².